The number of hydrogen-bond acceptors (Lipinski definition) is 3. The fourth-order valence-electron chi connectivity index (χ4n) is 2.40. The molecular weight excluding hydrogens is 271 g/mol. The fraction of sp³-hybridized carbons (Fsp3) is 0.235. The van der Waals surface area contributed by atoms with Crippen LogP contribution in [-0.4, -0.2) is 19.0 Å². The van der Waals surface area contributed by atoms with Crippen molar-refractivity contribution >= 4 is 6.29 Å². The summed E-state index contributed by atoms with van der Waals surface area (Å²) >= 11 is 0. The van der Waals surface area contributed by atoms with Crippen molar-refractivity contribution < 1.29 is 18.7 Å². The van der Waals surface area contributed by atoms with E-state index in [0.717, 1.165) is 29.6 Å². The van der Waals surface area contributed by atoms with Gasteiger partial charge in [0.15, 0.2) is 0 Å². The summed E-state index contributed by atoms with van der Waals surface area (Å²) in [6.45, 7) is 0.887. The molecule has 1 atom stereocenters. The van der Waals surface area contributed by atoms with Gasteiger partial charge in [0.25, 0.3) is 0 Å². The number of ether oxygens (including phenoxy) is 2. The Morgan fingerprint density at radius 2 is 2.05 bits per heavy atom. The van der Waals surface area contributed by atoms with Crippen molar-refractivity contribution in [1.29, 1.82) is 0 Å². The van der Waals surface area contributed by atoms with E-state index in [1.54, 1.807) is 18.2 Å². The largest absolute Gasteiger partial charge is 0.487 e. The van der Waals surface area contributed by atoms with E-state index in [4.69, 9.17) is 9.47 Å². The molecule has 1 heterocycles. The van der Waals surface area contributed by atoms with Crippen molar-refractivity contribution in [3.8, 4) is 5.75 Å². The first-order chi connectivity index (χ1) is 10.2. The molecule has 0 bridgehead atoms. The lowest BCUT2D eigenvalue weighted by molar-refractivity contribution is 0.0510. The number of hydrogen-bond donors (Lipinski definition) is 0. The van der Waals surface area contributed by atoms with Crippen LogP contribution in [0.2, 0.25) is 0 Å². The lowest BCUT2D eigenvalue weighted by Crippen LogP contribution is -2.20. The quantitative estimate of drug-likeness (QED) is 0.792. The van der Waals surface area contributed by atoms with Gasteiger partial charge >= 0.3 is 0 Å². The Bertz CT molecular complexity index is 637. The zero-order valence-electron chi connectivity index (χ0n) is 11.4. The van der Waals surface area contributed by atoms with Crippen LogP contribution in [0.5, 0.6) is 5.75 Å². The average molecular weight is 286 g/mol. The molecule has 0 saturated carbocycles. The molecule has 0 amide bonds. The van der Waals surface area contributed by atoms with Crippen LogP contribution in [0, 0.1) is 5.82 Å². The van der Waals surface area contributed by atoms with Crippen molar-refractivity contribution in [1.82, 2.24) is 0 Å². The molecule has 1 unspecified atom stereocenters. The van der Waals surface area contributed by atoms with Gasteiger partial charge in [-0.05, 0) is 41.5 Å². The van der Waals surface area contributed by atoms with Crippen molar-refractivity contribution in [2.75, 3.05) is 6.61 Å². The predicted molar refractivity (Wildman–Crippen MR) is 76.0 cm³/mol. The second-order valence-corrected chi connectivity index (χ2v) is 5.07. The Morgan fingerprint density at radius 1 is 1.24 bits per heavy atom. The minimum Gasteiger partial charge on any atom is -0.487 e. The number of carbonyl (C=O) groups excluding carboxylic acids is 1. The van der Waals surface area contributed by atoms with E-state index in [2.05, 4.69) is 0 Å². The third-order valence-corrected chi connectivity index (χ3v) is 3.45. The topological polar surface area (TPSA) is 35.5 Å². The summed E-state index contributed by atoms with van der Waals surface area (Å²) in [6, 6.07) is 11.7. The molecule has 1 aliphatic rings. The van der Waals surface area contributed by atoms with Gasteiger partial charge in [0, 0.05) is 12.0 Å². The molecule has 108 valence electrons. The van der Waals surface area contributed by atoms with Crippen LogP contribution >= 0.6 is 0 Å². The molecule has 0 N–H and O–H groups in total. The number of benzene rings is 2. The smallest absolute Gasteiger partial charge is 0.150 e. The number of halogens is 1. The first-order valence-electron chi connectivity index (χ1n) is 6.81. The van der Waals surface area contributed by atoms with E-state index < -0.39 is 0 Å². The van der Waals surface area contributed by atoms with Crippen LogP contribution in [-0.2, 0) is 17.8 Å². The molecule has 0 spiro atoms. The summed E-state index contributed by atoms with van der Waals surface area (Å²) in [7, 11) is 0. The number of aldehydes is 1. The van der Waals surface area contributed by atoms with Crippen molar-refractivity contribution in [3.05, 3.63) is 65.0 Å². The molecule has 1 aliphatic heterocycles. The Labute approximate surface area is 122 Å². The monoisotopic (exact) mass is 286 g/mol. The van der Waals surface area contributed by atoms with E-state index >= 15 is 0 Å². The lowest BCUT2D eigenvalue weighted by atomic mass is 10.1. The SMILES string of the molecule is O=Cc1ccc2c(c1)CC(COCc1ccc(F)cc1)O2. The number of rotatable bonds is 5. The van der Waals surface area contributed by atoms with Crippen molar-refractivity contribution in [2.45, 2.75) is 19.1 Å². The third-order valence-electron chi connectivity index (χ3n) is 3.45. The Hall–Kier alpha value is -2.20. The van der Waals surface area contributed by atoms with E-state index in [1.165, 1.54) is 12.1 Å². The summed E-state index contributed by atoms with van der Waals surface area (Å²) in [6.07, 6.45) is 1.53. The molecule has 0 aliphatic carbocycles. The Morgan fingerprint density at radius 3 is 2.81 bits per heavy atom. The van der Waals surface area contributed by atoms with Crippen LogP contribution in [0.3, 0.4) is 0 Å². The van der Waals surface area contributed by atoms with Gasteiger partial charge in [-0.15, -0.1) is 0 Å². The summed E-state index contributed by atoms with van der Waals surface area (Å²) in [5, 5.41) is 0. The fourth-order valence-corrected chi connectivity index (χ4v) is 2.40. The molecule has 4 heteroatoms. The maximum Gasteiger partial charge on any atom is 0.150 e. The highest BCUT2D eigenvalue weighted by Gasteiger charge is 2.23. The maximum absolute atomic E-state index is 12.8. The molecular formula is C17H15FO3. The van der Waals surface area contributed by atoms with E-state index in [1.807, 2.05) is 12.1 Å². The van der Waals surface area contributed by atoms with Gasteiger partial charge in [-0.1, -0.05) is 12.1 Å². The highest BCUT2D eigenvalue weighted by atomic mass is 19.1. The number of fused-ring (bicyclic) bond motifs is 1. The molecule has 2 aromatic carbocycles. The molecule has 0 aromatic heterocycles. The zero-order valence-corrected chi connectivity index (χ0v) is 11.4. The highest BCUT2D eigenvalue weighted by molar-refractivity contribution is 5.75. The minimum absolute atomic E-state index is 0.0395. The van der Waals surface area contributed by atoms with Gasteiger partial charge in [-0.2, -0.15) is 0 Å². The van der Waals surface area contributed by atoms with Crippen LogP contribution in [0.1, 0.15) is 21.5 Å². The third kappa shape index (κ3) is 3.28. The van der Waals surface area contributed by atoms with Gasteiger partial charge < -0.3 is 9.47 Å². The molecule has 2 aromatic rings. The van der Waals surface area contributed by atoms with Crippen LogP contribution in [0.15, 0.2) is 42.5 Å². The van der Waals surface area contributed by atoms with Gasteiger partial charge in [0.1, 0.15) is 24.0 Å². The van der Waals surface area contributed by atoms with Gasteiger partial charge in [-0.3, -0.25) is 4.79 Å². The van der Waals surface area contributed by atoms with E-state index in [0.29, 0.717) is 18.8 Å². The summed E-state index contributed by atoms with van der Waals surface area (Å²) in [5.41, 5.74) is 2.62. The predicted octanol–water partition coefficient (Wildman–Crippen LogP) is 3.16. The van der Waals surface area contributed by atoms with Crippen molar-refractivity contribution in [2.24, 2.45) is 0 Å². The summed E-state index contributed by atoms with van der Waals surface area (Å²) in [5.74, 6) is 0.565. The second kappa shape index (κ2) is 6.06. The van der Waals surface area contributed by atoms with E-state index in [-0.39, 0.29) is 11.9 Å². The summed E-state index contributed by atoms with van der Waals surface area (Å²) < 4.78 is 24.2. The standard InChI is InChI=1S/C17H15FO3/c18-15-4-1-12(2-5-15)10-20-11-16-8-14-7-13(9-19)3-6-17(14)21-16/h1-7,9,16H,8,10-11H2. The zero-order chi connectivity index (χ0) is 14.7. The van der Waals surface area contributed by atoms with Gasteiger partial charge in [0.2, 0.25) is 0 Å². The highest BCUT2D eigenvalue weighted by Crippen LogP contribution is 2.29. The Kier molecular flexibility index (Phi) is 3.97. The first-order valence-corrected chi connectivity index (χ1v) is 6.81. The molecule has 3 nitrogen and oxygen atoms in total. The second-order valence-electron chi connectivity index (χ2n) is 5.07. The summed E-state index contributed by atoms with van der Waals surface area (Å²) in [4.78, 5) is 10.7. The molecule has 3 rings (SSSR count). The van der Waals surface area contributed by atoms with Crippen LogP contribution in [0.25, 0.3) is 0 Å². The van der Waals surface area contributed by atoms with Crippen LogP contribution in [0.4, 0.5) is 4.39 Å². The average Bonchev–Trinajstić information content (AvgIpc) is 2.91. The van der Waals surface area contributed by atoms with Gasteiger partial charge in [0.05, 0.1) is 13.2 Å². The molecule has 21 heavy (non-hydrogen) atoms. The molecule has 0 radical (unpaired) electrons. The lowest BCUT2D eigenvalue weighted by Gasteiger charge is -2.11. The minimum atomic E-state index is -0.251. The molecule has 0 fully saturated rings. The number of carbonyl (C=O) groups is 1. The normalized spacial score (nSPS) is 16.3. The maximum atomic E-state index is 12.8. The van der Waals surface area contributed by atoms with E-state index in [9.17, 15) is 9.18 Å². The van der Waals surface area contributed by atoms with Gasteiger partial charge in [-0.25, -0.2) is 4.39 Å². The van der Waals surface area contributed by atoms with Crippen LogP contribution < -0.4 is 4.74 Å². The molecule has 0 saturated heterocycles. The Balaban J connectivity index is 1.51. The first kappa shape index (κ1) is 13.8. The van der Waals surface area contributed by atoms with Crippen molar-refractivity contribution in [3.63, 3.8) is 0 Å².